The number of carbonyl (C=O) groups is 1. The van der Waals surface area contributed by atoms with Crippen LogP contribution in [0.25, 0.3) is 21.2 Å². The van der Waals surface area contributed by atoms with Gasteiger partial charge in [-0.05, 0) is 48.0 Å². The normalized spacial score (nSPS) is 10.7. The number of halogens is 1. The molecule has 0 atom stereocenters. The molecule has 1 N–H and O–H groups in total. The quantitative estimate of drug-likeness (QED) is 0.413. The van der Waals surface area contributed by atoms with Crippen molar-refractivity contribution in [2.24, 2.45) is 0 Å². The first-order valence-electron chi connectivity index (χ1n) is 9.37. The van der Waals surface area contributed by atoms with E-state index in [1.807, 2.05) is 18.2 Å². The van der Waals surface area contributed by atoms with Gasteiger partial charge in [-0.2, -0.15) is 0 Å². The Kier molecular flexibility index (Phi) is 5.93. The fourth-order valence-electron chi connectivity index (χ4n) is 3.26. The van der Waals surface area contributed by atoms with Crippen LogP contribution in [0.5, 0.6) is 11.5 Å². The Bertz CT molecular complexity index is 1330. The molecule has 5 nitrogen and oxygen atoms in total. The van der Waals surface area contributed by atoms with Crippen LogP contribution in [0.1, 0.15) is 10.4 Å². The standard InChI is InChI=1S/C24H18ClNO4S/c1-29-18-12-9-15(13-19(18)30-2)23(28)26-24-21(14-7-10-16(25)11-8-14)22(27)17-5-3-4-6-20(17)31-24/h3-13H,1-2H3,(H,26,28). The van der Waals surface area contributed by atoms with Crippen LogP contribution >= 0.6 is 22.9 Å². The van der Waals surface area contributed by atoms with E-state index in [1.54, 1.807) is 48.5 Å². The summed E-state index contributed by atoms with van der Waals surface area (Å²) in [5.74, 6) is 0.609. The van der Waals surface area contributed by atoms with Gasteiger partial charge in [-0.3, -0.25) is 9.59 Å². The summed E-state index contributed by atoms with van der Waals surface area (Å²) in [5.41, 5.74) is 1.33. The molecule has 4 rings (SSSR count). The summed E-state index contributed by atoms with van der Waals surface area (Å²) >= 11 is 7.37. The van der Waals surface area contributed by atoms with Crippen LogP contribution in [0, 0.1) is 0 Å². The number of hydrogen-bond donors (Lipinski definition) is 1. The Labute approximate surface area is 187 Å². The molecule has 0 saturated carbocycles. The van der Waals surface area contributed by atoms with Crippen LogP contribution in [0.15, 0.2) is 71.5 Å². The summed E-state index contributed by atoms with van der Waals surface area (Å²) in [6.45, 7) is 0. The zero-order chi connectivity index (χ0) is 22.0. The summed E-state index contributed by atoms with van der Waals surface area (Å²) < 4.78 is 11.3. The fraction of sp³-hybridized carbons (Fsp3) is 0.0833. The minimum absolute atomic E-state index is 0.153. The van der Waals surface area contributed by atoms with E-state index in [2.05, 4.69) is 5.32 Å². The monoisotopic (exact) mass is 451 g/mol. The van der Waals surface area contributed by atoms with E-state index in [0.717, 1.165) is 4.70 Å². The second kappa shape index (κ2) is 8.79. The lowest BCUT2D eigenvalue weighted by Gasteiger charge is -2.13. The van der Waals surface area contributed by atoms with Crippen molar-refractivity contribution >= 4 is 43.9 Å². The molecule has 0 aliphatic rings. The van der Waals surface area contributed by atoms with E-state index in [0.29, 0.717) is 43.6 Å². The zero-order valence-corrected chi connectivity index (χ0v) is 18.3. The predicted molar refractivity (Wildman–Crippen MR) is 126 cm³/mol. The second-order valence-corrected chi connectivity index (χ2v) is 8.15. The van der Waals surface area contributed by atoms with Gasteiger partial charge in [0.1, 0.15) is 5.00 Å². The molecule has 0 saturated heterocycles. The summed E-state index contributed by atoms with van der Waals surface area (Å²) in [4.78, 5) is 26.4. The highest BCUT2D eigenvalue weighted by Gasteiger charge is 2.18. The third kappa shape index (κ3) is 4.13. The molecule has 1 amide bonds. The zero-order valence-electron chi connectivity index (χ0n) is 16.8. The highest BCUT2D eigenvalue weighted by atomic mass is 35.5. The molecular formula is C24H18ClNO4S. The molecule has 1 aromatic heterocycles. The van der Waals surface area contributed by atoms with Crippen LogP contribution in [-0.2, 0) is 0 Å². The Hall–Kier alpha value is -3.35. The van der Waals surface area contributed by atoms with E-state index >= 15 is 0 Å². The maximum Gasteiger partial charge on any atom is 0.256 e. The largest absolute Gasteiger partial charge is 0.493 e. The molecule has 0 unspecified atom stereocenters. The lowest BCUT2D eigenvalue weighted by molar-refractivity contribution is 0.102. The summed E-state index contributed by atoms with van der Waals surface area (Å²) in [5, 5.41) is 4.54. The maximum atomic E-state index is 13.3. The number of methoxy groups -OCH3 is 2. The van der Waals surface area contributed by atoms with Gasteiger partial charge in [-0.1, -0.05) is 35.9 Å². The number of nitrogens with one attached hydrogen (secondary N) is 1. The molecular weight excluding hydrogens is 434 g/mol. The summed E-state index contributed by atoms with van der Waals surface area (Å²) in [7, 11) is 3.04. The molecule has 0 spiro atoms. The van der Waals surface area contributed by atoms with Crippen molar-refractivity contribution in [1.82, 2.24) is 0 Å². The van der Waals surface area contributed by atoms with Gasteiger partial charge in [0.05, 0.1) is 19.8 Å². The number of amides is 1. The van der Waals surface area contributed by atoms with E-state index in [1.165, 1.54) is 25.6 Å². The van der Waals surface area contributed by atoms with Crippen molar-refractivity contribution in [3.8, 4) is 22.6 Å². The van der Waals surface area contributed by atoms with Crippen molar-refractivity contribution in [2.75, 3.05) is 19.5 Å². The predicted octanol–water partition coefficient (Wildman–Crippen LogP) is 5.85. The van der Waals surface area contributed by atoms with Crippen molar-refractivity contribution in [3.63, 3.8) is 0 Å². The smallest absolute Gasteiger partial charge is 0.256 e. The number of hydrogen-bond acceptors (Lipinski definition) is 5. The van der Waals surface area contributed by atoms with Gasteiger partial charge in [0.2, 0.25) is 0 Å². The van der Waals surface area contributed by atoms with Gasteiger partial charge in [-0.25, -0.2) is 0 Å². The number of fused-ring (bicyclic) bond motifs is 1. The molecule has 1 heterocycles. The number of ether oxygens (including phenoxy) is 2. The van der Waals surface area contributed by atoms with Gasteiger partial charge in [-0.15, -0.1) is 11.3 Å². The average Bonchev–Trinajstić information content (AvgIpc) is 2.79. The molecule has 0 fully saturated rings. The molecule has 0 radical (unpaired) electrons. The highest BCUT2D eigenvalue weighted by molar-refractivity contribution is 7.22. The van der Waals surface area contributed by atoms with Crippen LogP contribution < -0.4 is 20.2 Å². The van der Waals surface area contributed by atoms with Crippen molar-refractivity contribution in [2.45, 2.75) is 0 Å². The fourth-order valence-corrected chi connectivity index (χ4v) is 4.48. The first-order chi connectivity index (χ1) is 15.0. The lowest BCUT2D eigenvalue weighted by Crippen LogP contribution is -2.15. The van der Waals surface area contributed by atoms with Gasteiger partial charge in [0, 0.05) is 20.7 Å². The van der Waals surface area contributed by atoms with Crippen molar-refractivity contribution in [1.29, 1.82) is 0 Å². The first-order valence-corrected chi connectivity index (χ1v) is 10.6. The van der Waals surface area contributed by atoms with E-state index < -0.39 is 0 Å². The molecule has 0 aliphatic heterocycles. The topological polar surface area (TPSA) is 64.6 Å². The highest BCUT2D eigenvalue weighted by Crippen LogP contribution is 2.35. The van der Waals surface area contributed by atoms with E-state index in [9.17, 15) is 9.59 Å². The second-order valence-electron chi connectivity index (χ2n) is 6.66. The molecule has 0 bridgehead atoms. The molecule has 156 valence electrons. The maximum absolute atomic E-state index is 13.3. The van der Waals surface area contributed by atoms with Crippen LogP contribution in [0.3, 0.4) is 0 Å². The van der Waals surface area contributed by atoms with Crippen LogP contribution in [-0.4, -0.2) is 20.1 Å². The van der Waals surface area contributed by atoms with Crippen LogP contribution in [0.2, 0.25) is 5.02 Å². The molecule has 7 heteroatoms. The number of anilines is 1. The Morgan fingerprint density at radius 2 is 1.65 bits per heavy atom. The van der Waals surface area contributed by atoms with E-state index in [-0.39, 0.29) is 11.3 Å². The third-order valence-corrected chi connectivity index (χ3v) is 6.14. The van der Waals surface area contributed by atoms with Crippen molar-refractivity contribution in [3.05, 3.63) is 87.5 Å². The van der Waals surface area contributed by atoms with Gasteiger partial charge in [0.15, 0.2) is 16.9 Å². The molecule has 31 heavy (non-hydrogen) atoms. The Balaban J connectivity index is 1.83. The van der Waals surface area contributed by atoms with Gasteiger partial charge < -0.3 is 14.8 Å². The van der Waals surface area contributed by atoms with Gasteiger partial charge >= 0.3 is 0 Å². The molecule has 0 aliphatic carbocycles. The summed E-state index contributed by atoms with van der Waals surface area (Å²) in [6.07, 6.45) is 0. The lowest BCUT2D eigenvalue weighted by atomic mass is 10.1. The van der Waals surface area contributed by atoms with Crippen molar-refractivity contribution < 1.29 is 14.3 Å². The SMILES string of the molecule is COc1ccc(C(=O)Nc2sc3ccccc3c(=O)c2-c2ccc(Cl)cc2)cc1OC. The number of carbonyl (C=O) groups excluding carboxylic acids is 1. The van der Waals surface area contributed by atoms with Gasteiger partial charge in [0.25, 0.3) is 5.91 Å². The first kappa shape index (κ1) is 20.9. The Morgan fingerprint density at radius 1 is 0.935 bits per heavy atom. The minimum atomic E-state index is -0.359. The Morgan fingerprint density at radius 3 is 2.35 bits per heavy atom. The molecule has 3 aromatic carbocycles. The van der Waals surface area contributed by atoms with E-state index in [4.69, 9.17) is 21.1 Å². The molecule has 4 aromatic rings. The van der Waals surface area contributed by atoms with Crippen LogP contribution in [0.4, 0.5) is 5.00 Å². The number of rotatable bonds is 5. The third-order valence-electron chi connectivity index (χ3n) is 4.80. The number of benzene rings is 3. The minimum Gasteiger partial charge on any atom is -0.493 e. The summed E-state index contributed by atoms with van der Waals surface area (Å²) in [6, 6.07) is 19.2. The average molecular weight is 452 g/mol.